The third kappa shape index (κ3) is 38.9. The maximum Gasteiger partial charge on any atom is 0.333 e. The van der Waals surface area contributed by atoms with Crippen molar-refractivity contribution in [2.24, 2.45) is 0 Å². The topological polar surface area (TPSA) is 109 Å². The lowest BCUT2D eigenvalue weighted by molar-refractivity contribution is -0.140. The van der Waals surface area contributed by atoms with Crippen LogP contribution in [0.25, 0.3) is 0 Å². The summed E-state index contributed by atoms with van der Waals surface area (Å²) in [7, 11) is 0. The largest absolute Gasteiger partial charge is 0.460 e. The number of hydrogen-bond acceptors (Lipinski definition) is 11. The molecule has 0 unspecified atom stereocenters. The van der Waals surface area contributed by atoms with E-state index >= 15 is 0 Å². The van der Waals surface area contributed by atoms with Gasteiger partial charge in [-0.05, 0) is 13.3 Å². The van der Waals surface area contributed by atoms with Crippen molar-refractivity contribution >= 4 is 5.97 Å². The van der Waals surface area contributed by atoms with E-state index in [1.165, 1.54) is 57.8 Å². The van der Waals surface area contributed by atoms with Gasteiger partial charge in [0.2, 0.25) is 0 Å². The van der Waals surface area contributed by atoms with Gasteiger partial charge >= 0.3 is 5.97 Å². The predicted molar refractivity (Wildman–Crippen MR) is 175 cm³/mol. The van der Waals surface area contributed by atoms with E-state index in [9.17, 15) is 4.79 Å². The molecule has 0 aliphatic carbocycles. The molecule has 0 rings (SSSR count). The Morgan fingerprint density at radius 2 is 0.622 bits per heavy atom. The van der Waals surface area contributed by atoms with Crippen LogP contribution in [0.3, 0.4) is 0 Å². The zero-order chi connectivity index (χ0) is 32.7. The normalized spacial score (nSPS) is 11.3. The van der Waals surface area contributed by atoms with Crippen LogP contribution in [0.4, 0.5) is 0 Å². The summed E-state index contributed by atoms with van der Waals surface area (Å²) in [5.41, 5.74) is 0.375. The molecule has 0 saturated heterocycles. The van der Waals surface area contributed by atoms with Gasteiger partial charge in [-0.2, -0.15) is 0 Å². The molecule has 0 N–H and O–H groups in total. The van der Waals surface area contributed by atoms with E-state index in [0.717, 1.165) is 13.0 Å². The second kappa shape index (κ2) is 39.0. The Kier molecular flexibility index (Phi) is 38.0. The van der Waals surface area contributed by atoms with Crippen molar-refractivity contribution in [3.63, 3.8) is 0 Å². The number of rotatable bonds is 39. The van der Waals surface area contributed by atoms with E-state index in [-0.39, 0.29) is 6.61 Å². The van der Waals surface area contributed by atoms with Crippen LogP contribution in [0.15, 0.2) is 12.2 Å². The molecular weight excluding hydrogens is 584 g/mol. The third-order valence-electron chi connectivity index (χ3n) is 6.43. The molecule has 11 heteroatoms. The van der Waals surface area contributed by atoms with Crippen LogP contribution in [0.5, 0.6) is 0 Å². The molecule has 0 saturated carbocycles. The molecule has 0 aliphatic rings. The van der Waals surface area contributed by atoms with Crippen molar-refractivity contribution in [3.05, 3.63) is 12.2 Å². The Morgan fingerprint density at radius 1 is 0.378 bits per heavy atom. The first kappa shape index (κ1) is 43.9. The molecule has 0 amide bonds. The quantitative estimate of drug-likeness (QED) is 0.0499. The number of hydrogen-bond donors (Lipinski definition) is 0. The average molecular weight is 651 g/mol. The van der Waals surface area contributed by atoms with Crippen molar-refractivity contribution in [1.29, 1.82) is 0 Å². The van der Waals surface area contributed by atoms with Gasteiger partial charge in [-0.1, -0.05) is 71.3 Å². The first-order chi connectivity index (χ1) is 22.2. The fourth-order valence-corrected chi connectivity index (χ4v) is 3.87. The number of carbonyl (C=O) groups is 1. The Morgan fingerprint density at radius 3 is 0.911 bits per heavy atom. The van der Waals surface area contributed by atoms with E-state index in [4.69, 9.17) is 47.4 Å². The summed E-state index contributed by atoms with van der Waals surface area (Å²) in [5, 5.41) is 0. The number of carbonyl (C=O) groups excluding carboxylic acids is 1. The highest BCUT2D eigenvalue weighted by Crippen LogP contribution is 2.10. The molecule has 0 aromatic carbocycles. The predicted octanol–water partition coefficient (Wildman–Crippen LogP) is 5.18. The molecule has 0 aromatic heterocycles. The summed E-state index contributed by atoms with van der Waals surface area (Å²) in [6.45, 7) is 17.1. The van der Waals surface area contributed by atoms with Crippen molar-refractivity contribution in [1.82, 2.24) is 0 Å². The molecule has 268 valence electrons. The molecule has 0 aromatic rings. The van der Waals surface area contributed by atoms with Gasteiger partial charge in [-0.3, -0.25) is 0 Å². The lowest BCUT2D eigenvalue weighted by Crippen LogP contribution is -2.15. The molecular formula is C34H66O11. The lowest BCUT2D eigenvalue weighted by atomic mass is 10.1. The zero-order valence-electron chi connectivity index (χ0n) is 28.7. The Hall–Kier alpha value is -1.15. The second-order valence-electron chi connectivity index (χ2n) is 10.6. The minimum Gasteiger partial charge on any atom is -0.460 e. The van der Waals surface area contributed by atoms with Crippen LogP contribution in [0.2, 0.25) is 0 Å². The molecule has 45 heavy (non-hydrogen) atoms. The smallest absolute Gasteiger partial charge is 0.333 e. The molecule has 0 aliphatic heterocycles. The molecule has 0 heterocycles. The maximum atomic E-state index is 11.2. The fraction of sp³-hybridized carbons (Fsp3) is 0.912. The van der Waals surface area contributed by atoms with Crippen LogP contribution < -0.4 is 0 Å². The molecule has 0 spiro atoms. The molecule has 11 nitrogen and oxygen atoms in total. The van der Waals surface area contributed by atoms with Gasteiger partial charge in [-0.25, -0.2) is 4.79 Å². The Bertz CT molecular complexity index is 607. The summed E-state index contributed by atoms with van der Waals surface area (Å²) in [5.74, 6) is -0.408. The zero-order valence-corrected chi connectivity index (χ0v) is 28.7. The van der Waals surface area contributed by atoms with Crippen molar-refractivity contribution in [2.45, 2.75) is 78.1 Å². The molecule has 0 radical (unpaired) electrons. The molecule has 0 bridgehead atoms. The molecule has 0 atom stereocenters. The SMILES string of the molecule is C=C(C)C(=O)OCCOCCOCCOCCOCCOCCOCCOCCOCCOCCCCCCCCCCCC. The first-order valence-electron chi connectivity index (χ1n) is 17.2. The summed E-state index contributed by atoms with van der Waals surface area (Å²) in [4.78, 5) is 11.2. The van der Waals surface area contributed by atoms with Crippen LogP contribution in [0.1, 0.15) is 78.1 Å². The van der Waals surface area contributed by atoms with E-state index in [0.29, 0.717) is 118 Å². The summed E-state index contributed by atoms with van der Waals surface area (Å²) < 4.78 is 54.2. The van der Waals surface area contributed by atoms with E-state index in [2.05, 4.69) is 13.5 Å². The van der Waals surface area contributed by atoms with Gasteiger partial charge in [0.25, 0.3) is 0 Å². The number of unbranched alkanes of at least 4 members (excludes halogenated alkanes) is 9. The highest BCUT2D eigenvalue weighted by molar-refractivity contribution is 5.86. The average Bonchev–Trinajstić information content (AvgIpc) is 3.04. The van der Waals surface area contributed by atoms with E-state index in [1.54, 1.807) is 6.92 Å². The van der Waals surface area contributed by atoms with Gasteiger partial charge in [0.15, 0.2) is 0 Å². The van der Waals surface area contributed by atoms with Crippen LogP contribution in [-0.2, 0) is 52.2 Å². The monoisotopic (exact) mass is 650 g/mol. The second-order valence-corrected chi connectivity index (χ2v) is 10.6. The minimum absolute atomic E-state index is 0.205. The van der Waals surface area contributed by atoms with E-state index < -0.39 is 5.97 Å². The number of esters is 1. The Labute approximate surface area is 273 Å². The van der Waals surface area contributed by atoms with Crippen molar-refractivity contribution < 1.29 is 52.2 Å². The summed E-state index contributed by atoms with van der Waals surface area (Å²) in [6, 6.07) is 0. The van der Waals surface area contributed by atoms with E-state index in [1.807, 2.05) is 0 Å². The van der Waals surface area contributed by atoms with Gasteiger partial charge in [0.1, 0.15) is 6.61 Å². The summed E-state index contributed by atoms with van der Waals surface area (Å²) in [6.07, 6.45) is 13.4. The van der Waals surface area contributed by atoms with Gasteiger partial charge < -0.3 is 47.4 Å². The maximum absolute atomic E-state index is 11.2. The summed E-state index contributed by atoms with van der Waals surface area (Å²) >= 11 is 0. The highest BCUT2D eigenvalue weighted by Gasteiger charge is 2.02. The first-order valence-corrected chi connectivity index (χ1v) is 17.2. The lowest BCUT2D eigenvalue weighted by Gasteiger charge is -2.09. The van der Waals surface area contributed by atoms with Crippen LogP contribution in [-0.4, -0.2) is 132 Å². The van der Waals surface area contributed by atoms with Crippen molar-refractivity contribution in [3.8, 4) is 0 Å². The van der Waals surface area contributed by atoms with Crippen LogP contribution >= 0.6 is 0 Å². The molecule has 0 fully saturated rings. The minimum atomic E-state index is -0.408. The van der Waals surface area contributed by atoms with Gasteiger partial charge in [0, 0.05) is 12.2 Å². The highest BCUT2D eigenvalue weighted by atomic mass is 16.6. The Balaban J connectivity index is 3.06. The third-order valence-corrected chi connectivity index (χ3v) is 6.43. The van der Waals surface area contributed by atoms with Crippen LogP contribution in [0, 0.1) is 0 Å². The van der Waals surface area contributed by atoms with Crippen molar-refractivity contribution in [2.75, 3.05) is 126 Å². The fourth-order valence-electron chi connectivity index (χ4n) is 3.87. The van der Waals surface area contributed by atoms with Gasteiger partial charge in [0.05, 0.1) is 112 Å². The number of ether oxygens (including phenoxy) is 10. The van der Waals surface area contributed by atoms with Gasteiger partial charge in [-0.15, -0.1) is 0 Å². The standard InChI is InChI=1S/C34H66O11/c1-4-5-6-7-8-9-10-11-12-13-14-36-15-16-37-17-18-38-19-20-39-21-22-40-23-24-41-25-26-42-27-28-43-29-30-44-31-32-45-34(35)33(2)3/h2,4-32H2,1,3H3.